The Morgan fingerprint density at radius 2 is 1.85 bits per heavy atom. The summed E-state index contributed by atoms with van der Waals surface area (Å²) in [6.07, 6.45) is 6.70. The van der Waals surface area contributed by atoms with Crippen LogP contribution in [0.2, 0.25) is 0 Å². The van der Waals surface area contributed by atoms with E-state index < -0.39 is 0 Å². The van der Waals surface area contributed by atoms with Crippen LogP contribution in [0.25, 0.3) is 0 Å². The molecule has 0 bridgehead atoms. The highest BCUT2D eigenvalue weighted by molar-refractivity contribution is 5.90. The molecule has 2 amide bonds. The standard InChI is InChI=1S/C21H33N3O2.ClH/c1-16(2)11-19(25)24-18-8-6-7-17(12-18)14-23-20(26)13-21(15-22)9-4-3-5-10-21;/h6-8,12,16H,3-5,9-11,13-15,22H2,1-2H3,(H,23,26)(H,24,25);1H. The van der Waals surface area contributed by atoms with Crippen LogP contribution in [-0.2, 0) is 16.1 Å². The Morgan fingerprint density at radius 1 is 1.15 bits per heavy atom. The zero-order valence-corrected chi connectivity index (χ0v) is 17.4. The van der Waals surface area contributed by atoms with E-state index in [1.165, 1.54) is 19.3 Å². The van der Waals surface area contributed by atoms with Gasteiger partial charge in [-0.1, -0.05) is 45.2 Å². The lowest BCUT2D eigenvalue weighted by molar-refractivity contribution is -0.124. The van der Waals surface area contributed by atoms with Gasteiger partial charge in [0.05, 0.1) is 0 Å². The summed E-state index contributed by atoms with van der Waals surface area (Å²) in [5.74, 6) is 0.405. The first-order valence-electron chi connectivity index (χ1n) is 9.78. The number of carbonyl (C=O) groups is 2. The van der Waals surface area contributed by atoms with Crippen LogP contribution in [0.1, 0.15) is 64.4 Å². The molecular formula is C21H34ClN3O2. The number of nitrogens with one attached hydrogen (secondary N) is 2. The van der Waals surface area contributed by atoms with E-state index in [0.29, 0.717) is 31.8 Å². The molecule has 1 aromatic rings. The third kappa shape index (κ3) is 7.89. The van der Waals surface area contributed by atoms with E-state index in [4.69, 9.17) is 5.73 Å². The Balaban J connectivity index is 0.00000364. The molecule has 0 aliphatic heterocycles. The molecule has 0 saturated heterocycles. The number of hydrogen-bond acceptors (Lipinski definition) is 3. The molecule has 0 heterocycles. The van der Waals surface area contributed by atoms with Gasteiger partial charge in [0.25, 0.3) is 0 Å². The first kappa shape index (κ1) is 23.4. The molecule has 152 valence electrons. The molecule has 5 nitrogen and oxygen atoms in total. The van der Waals surface area contributed by atoms with Gasteiger partial charge < -0.3 is 16.4 Å². The molecule has 1 saturated carbocycles. The normalized spacial score (nSPS) is 15.7. The van der Waals surface area contributed by atoms with E-state index in [9.17, 15) is 9.59 Å². The molecule has 0 atom stereocenters. The lowest BCUT2D eigenvalue weighted by Gasteiger charge is -2.35. The number of amides is 2. The Morgan fingerprint density at radius 3 is 2.48 bits per heavy atom. The fraction of sp³-hybridized carbons (Fsp3) is 0.619. The average molecular weight is 396 g/mol. The second-order valence-electron chi connectivity index (χ2n) is 8.06. The van der Waals surface area contributed by atoms with Crippen LogP contribution in [0, 0.1) is 11.3 Å². The van der Waals surface area contributed by atoms with Crippen LogP contribution in [0.5, 0.6) is 0 Å². The molecule has 1 fully saturated rings. The molecule has 1 aliphatic rings. The van der Waals surface area contributed by atoms with Crippen LogP contribution in [0.4, 0.5) is 5.69 Å². The van der Waals surface area contributed by atoms with Crippen molar-refractivity contribution in [3.05, 3.63) is 29.8 Å². The highest BCUT2D eigenvalue weighted by Crippen LogP contribution is 2.38. The van der Waals surface area contributed by atoms with Gasteiger partial charge in [-0.25, -0.2) is 0 Å². The number of anilines is 1. The lowest BCUT2D eigenvalue weighted by Crippen LogP contribution is -2.38. The van der Waals surface area contributed by atoms with Gasteiger partial charge in [0.2, 0.25) is 11.8 Å². The van der Waals surface area contributed by atoms with E-state index in [0.717, 1.165) is 24.1 Å². The maximum atomic E-state index is 12.4. The van der Waals surface area contributed by atoms with Crippen molar-refractivity contribution < 1.29 is 9.59 Å². The fourth-order valence-corrected chi connectivity index (χ4v) is 3.70. The number of hydrogen-bond donors (Lipinski definition) is 3. The van der Waals surface area contributed by atoms with Crippen molar-refractivity contribution in [2.45, 2.75) is 65.3 Å². The van der Waals surface area contributed by atoms with Gasteiger partial charge in [0.1, 0.15) is 0 Å². The molecule has 0 radical (unpaired) electrons. The number of rotatable bonds is 8. The summed E-state index contributed by atoms with van der Waals surface area (Å²) >= 11 is 0. The molecule has 1 aromatic carbocycles. The number of benzene rings is 1. The quantitative estimate of drug-likeness (QED) is 0.621. The molecule has 1 aliphatic carbocycles. The minimum absolute atomic E-state index is 0. The molecule has 0 unspecified atom stereocenters. The van der Waals surface area contributed by atoms with Crippen LogP contribution in [-0.4, -0.2) is 18.4 Å². The molecule has 0 aromatic heterocycles. The first-order chi connectivity index (χ1) is 12.4. The predicted molar refractivity (Wildman–Crippen MR) is 113 cm³/mol. The van der Waals surface area contributed by atoms with Gasteiger partial charge in [0, 0.05) is 25.1 Å². The third-order valence-corrected chi connectivity index (χ3v) is 5.18. The zero-order valence-electron chi connectivity index (χ0n) is 16.6. The van der Waals surface area contributed by atoms with Crippen LogP contribution in [0.15, 0.2) is 24.3 Å². The minimum Gasteiger partial charge on any atom is -0.352 e. The van der Waals surface area contributed by atoms with E-state index in [1.807, 2.05) is 38.1 Å². The molecule has 6 heteroatoms. The highest BCUT2D eigenvalue weighted by atomic mass is 35.5. The summed E-state index contributed by atoms with van der Waals surface area (Å²) in [7, 11) is 0. The summed E-state index contributed by atoms with van der Waals surface area (Å²) in [6.45, 7) is 5.09. The largest absolute Gasteiger partial charge is 0.352 e. The van der Waals surface area contributed by atoms with Crippen molar-refractivity contribution in [1.82, 2.24) is 5.32 Å². The summed E-state index contributed by atoms with van der Waals surface area (Å²) in [6, 6.07) is 7.64. The molecule has 2 rings (SSSR count). The SMILES string of the molecule is CC(C)CC(=O)Nc1cccc(CNC(=O)CC2(CN)CCCCC2)c1.Cl. The summed E-state index contributed by atoms with van der Waals surface area (Å²) in [5.41, 5.74) is 7.70. The van der Waals surface area contributed by atoms with E-state index in [1.54, 1.807) is 0 Å². The van der Waals surface area contributed by atoms with Crippen molar-refractivity contribution in [3.8, 4) is 0 Å². The summed E-state index contributed by atoms with van der Waals surface area (Å²) in [5, 5.41) is 5.92. The second kappa shape index (κ2) is 11.3. The van der Waals surface area contributed by atoms with Gasteiger partial charge in [-0.05, 0) is 48.4 Å². The van der Waals surface area contributed by atoms with Crippen molar-refractivity contribution in [3.63, 3.8) is 0 Å². The fourth-order valence-electron chi connectivity index (χ4n) is 3.70. The Kier molecular flexibility index (Phi) is 9.81. The average Bonchev–Trinajstić information content (AvgIpc) is 2.60. The van der Waals surface area contributed by atoms with E-state index in [-0.39, 0.29) is 29.6 Å². The predicted octanol–water partition coefficient (Wildman–Crippen LogP) is 4.01. The number of halogens is 1. The van der Waals surface area contributed by atoms with Crippen molar-refractivity contribution in [2.75, 3.05) is 11.9 Å². The smallest absolute Gasteiger partial charge is 0.224 e. The van der Waals surface area contributed by atoms with Gasteiger partial charge in [-0.15, -0.1) is 12.4 Å². The van der Waals surface area contributed by atoms with E-state index >= 15 is 0 Å². The molecular weight excluding hydrogens is 362 g/mol. The third-order valence-electron chi connectivity index (χ3n) is 5.18. The van der Waals surface area contributed by atoms with Gasteiger partial charge in [0.15, 0.2) is 0 Å². The Bertz CT molecular complexity index is 613. The molecule has 27 heavy (non-hydrogen) atoms. The van der Waals surface area contributed by atoms with Crippen molar-refractivity contribution in [1.29, 1.82) is 0 Å². The van der Waals surface area contributed by atoms with Gasteiger partial charge >= 0.3 is 0 Å². The minimum atomic E-state index is -0.0188. The van der Waals surface area contributed by atoms with Crippen LogP contribution in [0.3, 0.4) is 0 Å². The van der Waals surface area contributed by atoms with Crippen molar-refractivity contribution >= 4 is 29.9 Å². The zero-order chi connectivity index (χ0) is 19.0. The maximum absolute atomic E-state index is 12.4. The van der Waals surface area contributed by atoms with Crippen LogP contribution < -0.4 is 16.4 Å². The van der Waals surface area contributed by atoms with Gasteiger partial charge in [-0.3, -0.25) is 9.59 Å². The topological polar surface area (TPSA) is 84.2 Å². The van der Waals surface area contributed by atoms with Gasteiger partial charge in [-0.2, -0.15) is 0 Å². The number of nitrogens with two attached hydrogens (primary N) is 1. The lowest BCUT2D eigenvalue weighted by atomic mass is 9.71. The van der Waals surface area contributed by atoms with Crippen molar-refractivity contribution in [2.24, 2.45) is 17.1 Å². The highest BCUT2D eigenvalue weighted by Gasteiger charge is 2.32. The molecule has 4 N–H and O–H groups in total. The maximum Gasteiger partial charge on any atom is 0.224 e. The summed E-state index contributed by atoms with van der Waals surface area (Å²) < 4.78 is 0. The summed E-state index contributed by atoms with van der Waals surface area (Å²) in [4.78, 5) is 24.3. The number of carbonyl (C=O) groups excluding carboxylic acids is 2. The first-order valence-corrected chi connectivity index (χ1v) is 9.78. The molecule has 0 spiro atoms. The van der Waals surface area contributed by atoms with E-state index in [2.05, 4.69) is 10.6 Å². The second-order valence-corrected chi connectivity index (χ2v) is 8.06. The van der Waals surface area contributed by atoms with Crippen LogP contribution >= 0.6 is 12.4 Å². The Labute approximate surface area is 169 Å². The Hall–Kier alpha value is -1.59. The monoisotopic (exact) mass is 395 g/mol.